The highest BCUT2D eigenvalue weighted by molar-refractivity contribution is 6.11. The van der Waals surface area contributed by atoms with E-state index in [4.69, 9.17) is 0 Å². The van der Waals surface area contributed by atoms with E-state index in [-0.39, 0.29) is 0 Å². The largest absolute Gasteiger partial charge is 0.310 e. The molecule has 0 amide bonds. The first-order valence-corrected chi connectivity index (χ1v) is 17.3. The van der Waals surface area contributed by atoms with Gasteiger partial charge in [0.25, 0.3) is 0 Å². The van der Waals surface area contributed by atoms with Gasteiger partial charge in [-0.05, 0) is 95.1 Å². The Morgan fingerprint density at radius 1 is 0.480 bits per heavy atom. The number of anilines is 3. The smallest absolute Gasteiger partial charge is 0.0714 e. The Morgan fingerprint density at radius 3 is 1.70 bits per heavy atom. The molecule has 0 radical (unpaired) electrons. The maximum Gasteiger partial charge on any atom is 0.0714 e. The van der Waals surface area contributed by atoms with Gasteiger partial charge >= 0.3 is 0 Å². The molecule has 2 nitrogen and oxygen atoms in total. The van der Waals surface area contributed by atoms with Crippen molar-refractivity contribution >= 4 is 27.8 Å². The molecular formula is C48H36N2. The summed E-state index contributed by atoms with van der Waals surface area (Å²) in [5.41, 5.74) is 15.1. The third kappa shape index (κ3) is 4.68. The third-order valence-corrected chi connectivity index (χ3v) is 10.3. The Labute approximate surface area is 294 Å². The summed E-state index contributed by atoms with van der Waals surface area (Å²) in [6.07, 6.45) is 1.85. The molecule has 0 bridgehead atoms. The van der Waals surface area contributed by atoms with Gasteiger partial charge in [-0.15, -0.1) is 0 Å². The van der Waals surface area contributed by atoms with Gasteiger partial charge in [-0.3, -0.25) is 4.98 Å². The van der Waals surface area contributed by atoms with E-state index < -0.39 is 5.41 Å². The number of benzene rings is 7. The summed E-state index contributed by atoms with van der Waals surface area (Å²) in [4.78, 5) is 7.05. The number of hydrogen-bond donors (Lipinski definition) is 0. The van der Waals surface area contributed by atoms with Crippen molar-refractivity contribution in [3.05, 3.63) is 216 Å². The Morgan fingerprint density at radius 2 is 1.06 bits per heavy atom. The highest BCUT2D eigenvalue weighted by atomic mass is 15.1. The quantitative estimate of drug-likeness (QED) is 0.180. The molecule has 0 atom stereocenters. The van der Waals surface area contributed by atoms with Crippen molar-refractivity contribution in [2.24, 2.45) is 0 Å². The van der Waals surface area contributed by atoms with E-state index in [1.807, 2.05) is 18.3 Å². The summed E-state index contributed by atoms with van der Waals surface area (Å²) in [5.74, 6) is 0. The molecule has 238 valence electrons. The zero-order valence-electron chi connectivity index (χ0n) is 28.2. The average Bonchev–Trinajstić information content (AvgIpc) is 3.47. The molecule has 9 rings (SSSR count). The van der Waals surface area contributed by atoms with Crippen LogP contribution in [-0.2, 0) is 5.41 Å². The lowest BCUT2D eigenvalue weighted by Crippen LogP contribution is -2.29. The molecule has 0 unspecified atom stereocenters. The maximum atomic E-state index is 4.62. The molecule has 0 saturated carbocycles. The van der Waals surface area contributed by atoms with Crippen molar-refractivity contribution in [3.8, 4) is 22.4 Å². The van der Waals surface area contributed by atoms with E-state index in [0.29, 0.717) is 0 Å². The van der Waals surface area contributed by atoms with Crippen LogP contribution in [0.3, 0.4) is 0 Å². The van der Waals surface area contributed by atoms with Crippen LogP contribution in [0.2, 0.25) is 0 Å². The van der Waals surface area contributed by atoms with Crippen LogP contribution in [0.25, 0.3) is 33.2 Å². The average molecular weight is 641 g/mol. The van der Waals surface area contributed by atoms with Crippen molar-refractivity contribution in [1.82, 2.24) is 4.98 Å². The number of hydrogen-bond acceptors (Lipinski definition) is 2. The number of pyridine rings is 1. The molecule has 50 heavy (non-hydrogen) atoms. The van der Waals surface area contributed by atoms with Gasteiger partial charge in [0.2, 0.25) is 0 Å². The van der Waals surface area contributed by atoms with Crippen molar-refractivity contribution < 1.29 is 0 Å². The number of nitrogens with zero attached hydrogens (tertiary/aromatic N) is 2. The van der Waals surface area contributed by atoms with E-state index in [9.17, 15) is 0 Å². The SMILES string of the molecule is Cc1ccc(N(c2ccc(-c3ccccn3)cc2)c2cc3c(c4ccccc24)-c2ccc(C)cc2C3(c2ccccc2)c2ccccc2)cc1. The van der Waals surface area contributed by atoms with Crippen LogP contribution in [0.4, 0.5) is 17.1 Å². The van der Waals surface area contributed by atoms with Gasteiger partial charge in [0.1, 0.15) is 0 Å². The van der Waals surface area contributed by atoms with Gasteiger partial charge in [-0.2, -0.15) is 0 Å². The molecule has 0 aliphatic heterocycles. The lowest BCUT2D eigenvalue weighted by Gasteiger charge is -2.35. The molecular weight excluding hydrogens is 605 g/mol. The fourth-order valence-electron chi connectivity index (χ4n) is 8.06. The lowest BCUT2D eigenvalue weighted by molar-refractivity contribution is 0.768. The summed E-state index contributed by atoms with van der Waals surface area (Å²) < 4.78 is 0. The third-order valence-electron chi connectivity index (χ3n) is 10.3. The highest BCUT2D eigenvalue weighted by Gasteiger charge is 2.47. The summed E-state index contributed by atoms with van der Waals surface area (Å²) in [7, 11) is 0. The maximum absolute atomic E-state index is 4.62. The molecule has 1 aliphatic rings. The molecule has 0 saturated heterocycles. The van der Waals surface area contributed by atoms with Crippen molar-refractivity contribution in [1.29, 1.82) is 0 Å². The van der Waals surface area contributed by atoms with Gasteiger partial charge in [0.05, 0.1) is 16.8 Å². The van der Waals surface area contributed by atoms with E-state index in [0.717, 1.165) is 28.3 Å². The highest BCUT2D eigenvalue weighted by Crippen LogP contribution is 2.59. The van der Waals surface area contributed by atoms with Crippen LogP contribution >= 0.6 is 0 Å². The molecule has 1 aromatic heterocycles. The first kappa shape index (κ1) is 29.9. The topological polar surface area (TPSA) is 16.1 Å². The molecule has 1 aliphatic carbocycles. The molecule has 0 spiro atoms. The Bertz CT molecular complexity index is 2430. The minimum atomic E-state index is -0.514. The number of aryl methyl sites for hydroxylation is 2. The predicted octanol–water partition coefficient (Wildman–Crippen LogP) is 12.4. The Kier molecular flexibility index (Phi) is 7.17. The van der Waals surface area contributed by atoms with Crippen LogP contribution in [0.1, 0.15) is 33.4 Å². The van der Waals surface area contributed by atoms with E-state index in [1.165, 1.54) is 55.3 Å². The Hall–Kier alpha value is -6.25. The molecule has 1 heterocycles. The zero-order chi connectivity index (χ0) is 33.7. The lowest BCUT2D eigenvalue weighted by atomic mass is 9.67. The van der Waals surface area contributed by atoms with Crippen LogP contribution in [0.5, 0.6) is 0 Å². The summed E-state index contributed by atoms with van der Waals surface area (Å²) in [6.45, 7) is 4.36. The van der Waals surface area contributed by atoms with Gasteiger partial charge in [0.15, 0.2) is 0 Å². The molecule has 0 fully saturated rings. The van der Waals surface area contributed by atoms with Crippen LogP contribution in [0.15, 0.2) is 182 Å². The predicted molar refractivity (Wildman–Crippen MR) is 209 cm³/mol. The van der Waals surface area contributed by atoms with Crippen LogP contribution in [0, 0.1) is 13.8 Å². The standard InChI is InChI=1S/C48H36N2/c1-33-20-25-38(26-21-33)50(39-27-23-35(24-28-39)45-19-11-12-30-49-45)46-32-44-47(41-18-10-9-17-40(41)46)42-29-22-34(2)31-43(42)48(44,36-13-5-3-6-14-36)37-15-7-4-8-16-37/h3-32H,1-2H3. The van der Waals surface area contributed by atoms with Gasteiger partial charge in [0, 0.05) is 28.5 Å². The van der Waals surface area contributed by atoms with Crippen LogP contribution < -0.4 is 4.90 Å². The van der Waals surface area contributed by atoms with Crippen LogP contribution in [-0.4, -0.2) is 4.98 Å². The molecule has 0 N–H and O–H groups in total. The second-order valence-electron chi connectivity index (χ2n) is 13.3. The number of aromatic nitrogens is 1. The molecule has 8 aromatic rings. The van der Waals surface area contributed by atoms with E-state index in [2.05, 4.69) is 188 Å². The van der Waals surface area contributed by atoms with Crippen molar-refractivity contribution in [3.63, 3.8) is 0 Å². The first-order chi connectivity index (χ1) is 24.6. The fourth-order valence-corrected chi connectivity index (χ4v) is 8.06. The van der Waals surface area contributed by atoms with Gasteiger partial charge in [-0.1, -0.05) is 145 Å². The van der Waals surface area contributed by atoms with Crippen molar-refractivity contribution in [2.45, 2.75) is 19.3 Å². The first-order valence-electron chi connectivity index (χ1n) is 17.3. The normalized spacial score (nSPS) is 12.8. The van der Waals surface area contributed by atoms with Gasteiger partial charge < -0.3 is 4.90 Å². The summed E-state index contributed by atoms with van der Waals surface area (Å²) >= 11 is 0. The second kappa shape index (κ2) is 12.0. The molecule has 2 heteroatoms. The van der Waals surface area contributed by atoms with Gasteiger partial charge in [-0.25, -0.2) is 0 Å². The van der Waals surface area contributed by atoms with Crippen molar-refractivity contribution in [2.75, 3.05) is 4.90 Å². The minimum absolute atomic E-state index is 0.514. The monoisotopic (exact) mass is 640 g/mol. The fraction of sp³-hybridized carbons (Fsp3) is 0.0625. The number of fused-ring (bicyclic) bond motifs is 5. The number of rotatable bonds is 6. The summed E-state index contributed by atoms with van der Waals surface area (Å²) in [6, 6.07) is 64.4. The second-order valence-corrected chi connectivity index (χ2v) is 13.3. The molecule has 7 aromatic carbocycles. The zero-order valence-corrected chi connectivity index (χ0v) is 28.2. The summed E-state index contributed by atoms with van der Waals surface area (Å²) in [5, 5.41) is 2.46. The Balaban J connectivity index is 1.38. The van der Waals surface area contributed by atoms with E-state index in [1.54, 1.807) is 0 Å². The van der Waals surface area contributed by atoms with E-state index >= 15 is 0 Å². The minimum Gasteiger partial charge on any atom is -0.310 e.